The van der Waals surface area contributed by atoms with Crippen LogP contribution in [0.5, 0.6) is 0 Å². The predicted molar refractivity (Wildman–Crippen MR) is 127 cm³/mol. The van der Waals surface area contributed by atoms with E-state index in [2.05, 4.69) is 20.6 Å². The Bertz CT molecular complexity index is 1330. The largest absolute Gasteiger partial charge is 0.377 e. The fourth-order valence-corrected chi connectivity index (χ4v) is 4.34. The Morgan fingerprint density at radius 3 is 2.57 bits per heavy atom. The van der Waals surface area contributed by atoms with E-state index in [0.29, 0.717) is 23.6 Å². The van der Waals surface area contributed by atoms with Crippen molar-refractivity contribution < 1.29 is 33.3 Å². The van der Waals surface area contributed by atoms with Crippen LogP contribution in [0.3, 0.4) is 0 Å². The number of benzene rings is 2. The molecule has 1 aromatic heterocycles. The number of aliphatic hydroxyl groups excluding tert-OH is 1. The van der Waals surface area contributed by atoms with Crippen LogP contribution in [0.15, 0.2) is 42.5 Å². The first-order chi connectivity index (χ1) is 17.8. The Hall–Kier alpha value is -4.00. The van der Waals surface area contributed by atoms with Gasteiger partial charge in [0, 0.05) is 12.2 Å². The third-order valence-electron chi connectivity index (χ3n) is 6.22. The lowest BCUT2D eigenvalue weighted by Gasteiger charge is -2.36. The van der Waals surface area contributed by atoms with Gasteiger partial charge in [-0.3, -0.25) is 9.59 Å². The lowest BCUT2D eigenvalue weighted by Crippen LogP contribution is -2.54. The number of fused-ring (bicyclic) bond motifs is 1. The second-order valence-corrected chi connectivity index (χ2v) is 8.64. The summed E-state index contributed by atoms with van der Waals surface area (Å²) in [4.78, 5) is 35.0. The zero-order valence-electron chi connectivity index (χ0n) is 19.4. The van der Waals surface area contributed by atoms with Gasteiger partial charge in [-0.25, -0.2) is 18.7 Å². The Morgan fingerprint density at radius 1 is 1.14 bits per heavy atom. The normalized spacial score (nSPS) is 17.1. The van der Waals surface area contributed by atoms with E-state index in [0.717, 1.165) is 12.1 Å². The van der Waals surface area contributed by atoms with Crippen LogP contribution in [0.4, 0.5) is 20.3 Å². The number of ether oxygens (including phenoxy) is 1. The molecule has 0 unspecified atom stereocenters. The van der Waals surface area contributed by atoms with Crippen molar-refractivity contribution in [3.63, 3.8) is 0 Å². The molecule has 2 aliphatic rings. The Morgan fingerprint density at radius 2 is 1.86 bits per heavy atom. The van der Waals surface area contributed by atoms with Crippen LogP contribution in [-0.4, -0.2) is 69.0 Å². The van der Waals surface area contributed by atoms with E-state index in [1.54, 1.807) is 24.3 Å². The number of morpholine rings is 1. The summed E-state index contributed by atoms with van der Waals surface area (Å²) < 4.78 is 34.0. The van der Waals surface area contributed by atoms with E-state index in [1.807, 2.05) is 0 Å². The first kappa shape index (κ1) is 24.7. The molecule has 10 nitrogen and oxygen atoms in total. The van der Waals surface area contributed by atoms with E-state index >= 15 is 0 Å². The highest BCUT2D eigenvalue weighted by molar-refractivity contribution is 6.03. The van der Waals surface area contributed by atoms with Gasteiger partial charge in [0.25, 0.3) is 5.91 Å². The van der Waals surface area contributed by atoms with Gasteiger partial charge in [0.2, 0.25) is 5.91 Å². The fourth-order valence-electron chi connectivity index (χ4n) is 4.34. The molecular weight excluding hydrogens is 488 g/mol. The number of carbonyl (C=O) groups is 2. The van der Waals surface area contributed by atoms with Crippen LogP contribution in [0.1, 0.15) is 21.6 Å². The van der Waals surface area contributed by atoms with Crippen molar-refractivity contribution in [2.24, 2.45) is 0 Å². The Kier molecular flexibility index (Phi) is 6.78. The van der Waals surface area contributed by atoms with Gasteiger partial charge in [0.05, 0.1) is 37.4 Å². The minimum atomic E-state index is -1.70. The third-order valence-corrected chi connectivity index (χ3v) is 6.22. The van der Waals surface area contributed by atoms with Crippen molar-refractivity contribution in [2.75, 3.05) is 25.1 Å². The van der Waals surface area contributed by atoms with Crippen molar-refractivity contribution in [3.8, 4) is 11.4 Å². The second-order valence-electron chi connectivity index (χ2n) is 8.64. The van der Waals surface area contributed by atoms with Crippen LogP contribution in [0, 0.1) is 11.6 Å². The monoisotopic (exact) mass is 511 g/mol. The van der Waals surface area contributed by atoms with Crippen molar-refractivity contribution >= 4 is 23.3 Å². The SMILES string of the molecule is O=C1NCc2nc(-c3c(F)cccc3F)nc(Nc3ccc(CC(=O)N4CCOC[C@@H]4C(O)O)cc3)c21. The minimum absolute atomic E-state index is 0.0333. The summed E-state index contributed by atoms with van der Waals surface area (Å²) >= 11 is 0. The summed E-state index contributed by atoms with van der Waals surface area (Å²) in [6.45, 7) is 0.711. The summed E-state index contributed by atoms with van der Waals surface area (Å²) in [5.41, 5.74) is 1.30. The lowest BCUT2D eigenvalue weighted by atomic mass is 10.1. The number of rotatable bonds is 6. The molecule has 5 rings (SSSR count). The molecule has 1 atom stereocenters. The summed E-state index contributed by atoms with van der Waals surface area (Å²) in [6, 6.07) is 9.35. The molecule has 4 N–H and O–H groups in total. The van der Waals surface area contributed by atoms with Gasteiger partial charge in [0.1, 0.15) is 29.1 Å². The van der Waals surface area contributed by atoms with Gasteiger partial charge in [-0.2, -0.15) is 0 Å². The van der Waals surface area contributed by atoms with Crippen molar-refractivity contribution in [1.29, 1.82) is 0 Å². The molecule has 0 saturated carbocycles. The summed E-state index contributed by atoms with van der Waals surface area (Å²) in [6.07, 6.45) is -1.67. The van der Waals surface area contributed by atoms with Gasteiger partial charge < -0.3 is 30.5 Å². The van der Waals surface area contributed by atoms with E-state index in [9.17, 15) is 28.6 Å². The van der Waals surface area contributed by atoms with E-state index in [4.69, 9.17) is 4.74 Å². The molecule has 2 aliphatic heterocycles. The third kappa shape index (κ3) is 4.99. The zero-order valence-corrected chi connectivity index (χ0v) is 19.4. The molecule has 0 aliphatic carbocycles. The predicted octanol–water partition coefficient (Wildman–Crippen LogP) is 1.49. The second kappa shape index (κ2) is 10.2. The van der Waals surface area contributed by atoms with Gasteiger partial charge in [0.15, 0.2) is 12.1 Å². The highest BCUT2D eigenvalue weighted by Crippen LogP contribution is 2.30. The average Bonchev–Trinajstić information content (AvgIpc) is 3.26. The number of halogens is 2. The topological polar surface area (TPSA) is 137 Å². The number of nitrogens with one attached hydrogen (secondary N) is 2. The summed E-state index contributed by atoms with van der Waals surface area (Å²) in [5.74, 6) is -2.44. The van der Waals surface area contributed by atoms with Crippen molar-refractivity contribution in [3.05, 3.63) is 70.9 Å². The first-order valence-corrected chi connectivity index (χ1v) is 11.5. The zero-order chi connectivity index (χ0) is 26.1. The van der Waals surface area contributed by atoms with E-state index in [-0.39, 0.29) is 49.2 Å². The quantitative estimate of drug-likeness (QED) is 0.366. The van der Waals surface area contributed by atoms with Crippen LogP contribution >= 0.6 is 0 Å². The van der Waals surface area contributed by atoms with Crippen molar-refractivity contribution in [1.82, 2.24) is 20.2 Å². The average molecular weight is 511 g/mol. The number of aliphatic hydroxyl groups is 2. The number of carbonyl (C=O) groups excluding carboxylic acids is 2. The van der Waals surface area contributed by atoms with Crippen LogP contribution in [-0.2, 0) is 22.5 Å². The number of anilines is 2. The maximum atomic E-state index is 14.4. The molecule has 37 heavy (non-hydrogen) atoms. The number of aromatic nitrogens is 2. The molecule has 2 aromatic carbocycles. The first-order valence-electron chi connectivity index (χ1n) is 11.5. The molecule has 0 bridgehead atoms. The number of amides is 2. The van der Waals surface area contributed by atoms with Crippen LogP contribution < -0.4 is 10.6 Å². The van der Waals surface area contributed by atoms with Gasteiger partial charge >= 0.3 is 0 Å². The molecule has 0 spiro atoms. The lowest BCUT2D eigenvalue weighted by molar-refractivity contribution is -0.165. The molecule has 3 aromatic rings. The molecule has 1 saturated heterocycles. The van der Waals surface area contributed by atoms with E-state index in [1.165, 1.54) is 11.0 Å². The molecule has 2 amide bonds. The highest BCUT2D eigenvalue weighted by Gasteiger charge is 2.32. The maximum Gasteiger partial charge on any atom is 0.257 e. The molecule has 12 heteroatoms. The molecular formula is C25H23F2N5O5. The Balaban J connectivity index is 1.37. The van der Waals surface area contributed by atoms with Gasteiger partial charge in [-0.15, -0.1) is 0 Å². The molecule has 3 heterocycles. The fraction of sp³-hybridized carbons (Fsp3) is 0.280. The molecule has 0 radical (unpaired) electrons. The highest BCUT2D eigenvalue weighted by atomic mass is 19.1. The van der Waals surface area contributed by atoms with Crippen LogP contribution in [0.25, 0.3) is 11.4 Å². The summed E-state index contributed by atoms with van der Waals surface area (Å²) in [7, 11) is 0. The summed E-state index contributed by atoms with van der Waals surface area (Å²) in [5, 5.41) is 24.7. The minimum Gasteiger partial charge on any atom is -0.377 e. The molecule has 192 valence electrons. The maximum absolute atomic E-state index is 14.4. The number of hydrogen-bond acceptors (Lipinski definition) is 8. The Labute approximate surface area is 209 Å². The van der Waals surface area contributed by atoms with E-state index < -0.39 is 35.4 Å². The smallest absolute Gasteiger partial charge is 0.257 e. The van der Waals surface area contributed by atoms with Gasteiger partial charge in [-0.1, -0.05) is 18.2 Å². The molecule has 1 fully saturated rings. The van der Waals surface area contributed by atoms with Gasteiger partial charge in [-0.05, 0) is 29.8 Å². The number of hydrogen-bond donors (Lipinski definition) is 4. The standard InChI is InChI=1S/C25H23F2N5O5/c26-15-2-1-3-16(27)20(15)22-30-17-11-28-24(34)21(17)23(31-22)29-14-6-4-13(5-7-14)10-19(33)32-8-9-37-12-18(32)25(35)36/h1-7,18,25,35-36H,8-12H2,(H,28,34)(H,29,30,31)/t18-/m1/s1. The van der Waals surface area contributed by atoms with Crippen LogP contribution in [0.2, 0.25) is 0 Å². The van der Waals surface area contributed by atoms with Crippen molar-refractivity contribution in [2.45, 2.75) is 25.3 Å². The number of nitrogens with zero attached hydrogens (tertiary/aromatic N) is 3.